The Bertz CT molecular complexity index is 700. The van der Waals surface area contributed by atoms with Gasteiger partial charge in [-0.15, -0.1) is 5.10 Å². The molecule has 2 rings (SSSR count). The zero-order valence-electron chi connectivity index (χ0n) is 13.0. The summed E-state index contributed by atoms with van der Waals surface area (Å²) in [5.41, 5.74) is 2.76. The summed E-state index contributed by atoms with van der Waals surface area (Å²) in [5, 5.41) is 9.78. The molecule has 0 spiro atoms. The van der Waals surface area contributed by atoms with Crippen LogP contribution in [0.15, 0.2) is 28.2 Å². The van der Waals surface area contributed by atoms with Crippen LogP contribution in [0.1, 0.15) is 24.5 Å². The van der Waals surface area contributed by atoms with E-state index >= 15 is 0 Å². The Morgan fingerprint density at radius 2 is 2.00 bits per heavy atom. The van der Waals surface area contributed by atoms with E-state index in [-0.39, 0.29) is 17.3 Å². The summed E-state index contributed by atoms with van der Waals surface area (Å²) in [4.78, 5) is 23.6. The molecule has 0 unspecified atom stereocenters. The number of thioether (sulfide) groups is 1. The highest BCUT2D eigenvalue weighted by Gasteiger charge is 2.11. The Morgan fingerprint density at radius 1 is 1.32 bits per heavy atom. The first-order valence-electron chi connectivity index (χ1n) is 7.15. The minimum Gasteiger partial charge on any atom is -0.325 e. The third kappa shape index (κ3) is 4.24. The molecule has 6 nitrogen and oxygen atoms in total. The number of anilines is 1. The molecule has 1 heterocycles. The van der Waals surface area contributed by atoms with Gasteiger partial charge in [-0.1, -0.05) is 24.8 Å². The fourth-order valence-corrected chi connectivity index (χ4v) is 2.98. The Balaban J connectivity index is 1.97. The first kappa shape index (κ1) is 16.4. The summed E-state index contributed by atoms with van der Waals surface area (Å²) >= 11 is 1.25. The molecule has 1 aromatic heterocycles. The number of nitrogens with one attached hydrogen (secondary N) is 2. The normalized spacial score (nSPS) is 10.7. The van der Waals surface area contributed by atoms with E-state index in [2.05, 4.69) is 21.6 Å². The van der Waals surface area contributed by atoms with Crippen LogP contribution in [0.2, 0.25) is 0 Å². The number of benzene rings is 1. The second-order valence-corrected chi connectivity index (χ2v) is 6.12. The number of carbonyl (C=O) groups is 1. The molecular formula is C15H20N4O2S. The third-order valence-corrected chi connectivity index (χ3v) is 3.98. The predicted molar refractivity (Wildman–Crippen MR) is 88.4 cm³/mol. The van der Waals surface area contributed by atoms with Crippen LogP contribution in [0.4, 0.5) is 5.69 Å². The van der Waals surface area contributed by atoms with Gasteiger partial charge in [-0.3, -0.25) is 9.36 Å². The number of nitrogens with zero attached hydrogens (tertiary/aromatic N) is 2. The second-order valence-electron chi connectivity index (χ2n) is 5.18. The van der Waals surface area contributed by atoms with Crippen molar-refractivity contribution < 1.29 is 4.79 Å². The molecule has 0 bridgehead atoms. The molecule has 1 amide bonds. The van der Waals surface area contributed by atoms with Crippen LogP contribution >= 0.6 is 11.8 Å². The number of amides is 1. The summed E-state index contributed by atoms with van der Waals surface area (Å²) in [6.07, 6.45) is 0.835. The highest BCUT2D eigenvalue weighted by molar-refractivity contribution is 7.99. The van der Waals surface area contributed by atoms with Gasteiger partial charge < -0.3 is 5.32 Å². The van der Waals surface area contributed by atoms with Crippen molar-refractivity contribution in [1.82, 2.24) is 14.8 Å². The lowest BCUT2D eigenvalue weighted by Crippen LogP contribution is -2.18. The van der Waals surface area contributed by atoms with Crippen molar-refractivity contribution in [2.75, 3.05) is 11.1 Å². The zero-order chi connectivity index (χ0) is 16.1. The largest absolute Gasteiger partial charge is 0.343 e. The van der Waals surface area contributed by atoms with Crippen LogP contribution in [0.25, 0.3) is 0 Å². The first-order chi connectivity index (χ1) is 10.5. The van der Waals surface area contributed by atoms with Crippen molar-refractivity contribution in [2.24, 2.45) is 0 Å². The van der Waals surface area contributed by atoms with E-state index in [4.69, 9.17) is 0 Å². The van der Waals surface area contributed by atoms with Gasteiger partial charge in [0.2, 0.25) is 5.91 Å². The fourth-order valence-electron chi connectivity index (χ4n) is 2.21. The summed E-state index contributed by atoms with van der Waals surface area (Å²) < 4.78 is 1.55. The molecule has 0 fully saturated rings. The number of aromatic nitrogens is 3. The molecule has 2 aromatic rings. The first-order valence-corrected chi connectivity index (χ1v) is 8.14. The zero-order valence-corrected chi connectivity index (χ0v) is 13.8. The lowest BCUT2D eigenvalue weighted by atomic mass is 10.1. The number of aryl methyl sites for hydroxylation is 2. The highest BCUT2D eigenvalue weighted by Crippen LogP contribution is 2.16. The fraction of sp³-hybridized carbons (Fsp3) is 0.400. The summed E-state index contributed by atoms with van der Waals surface area (Å²) in [5.74, 6) is 0.0922. The van der Waals surface area contributed by atoms with E-state index in [0.29, 0.717) is 11.7 Å². The Kier molecular flexibility index (Phi) is 5.43. The van der Waals surface area contributed by atoms with Crippen molar-refractivity contribution in [2.45, 2.75) is 38.9 Å². The van der Waals surface area contributed by atoms with E-state index in [9.17, 15) is 9.59 Å². The summed E-state index contributed by atoms with van der Waals surface area (Å²) in [6.45, 7) is 6.56. The molecule has 22 heavy (non-hydrogen) atoms. The molecule has 118 valence electrons. The predicted octanol–water partition coefficient (Wildman–Crippen LogP) is 2.33. The molecule has 0 aliphatic heterocycles. The SMILES string of the molecule is CCCn1c(SCC(=O)Nc2cc(C)cc(C)c2)n[nH]c1=O. The molecule has 0 saturated carbocycles. The average molecular weight is 320 g/mol. The van der Waals surface area contributed by atoms with Gasteiger partial charge in [0, 0.05) is 12.2 Å². The van der Waals surface area contributed by atoms with E-state index < -0.39 is 0 Å². The Hall–Kier alpha value is -2.02. The molecule has 2 N–H and O–H groups in total. The molecule has 1 aromatic carbocycles. The minimum atomic E-state index is -0.237. The average Bonchev–Trinajstić information content (AvgIpc) is 2.77. The molecule has 0 radical (unpaired) electrons. The summed E-state index contributed by atoms with van der Waals surface area (Å²) in [6, 6.07) is 5.91. The quantitative estimate of drug-likeness (QED) is 0.801. The molecule has 0 atom stereocenters. The van der Waals surface area contributed by atoms with Gasteiger partial charge in [-0.05, 0) is 43.5 Å². The van der Waals surface area contributed by atoms with Gasteiger partial charge in [0.1, 0.15) is 0 Å². The maximum Gasteiger partial charge on any atom is 0.343 e. The van der Waals surface area contributed by atoms with Crippen LogP contribution in [0.5, 0.6) is 0 Å². The maximum atomic E-state index is 12.0. The molecule has 0 aliphatic carbocycles. The van der Waals surface area contributed by atoms with Crippen molar-refractivity contribution >= 4 is 23.4 Å². The van der Waals surface area contributed by atoms with Crippen molar-refractivity contribution in [3.8, 4) is 0 Å². The topological polar surface area (TPSA) is 79.8 Å². The third-order valence-electron chi connectivity index (χ3n) is 3.01. The monoisotopic (exact) mass is 320 g/mol. The number of carbonyl (C=O) groups excluding carboxylic acids is 1. The smallest absolute Gasteiger partial charge is 0.325 e. The van der Waals surface area contributed by atoms with Crippen molar-refractivity contribution in [1.29, 1.82) is 0 Å². The molecule has 7 heteroatoms. The lowest BCUT2D eigenvalue weighted by Gasteiger charge is -2.07. The van der Waals surface area contributed by atoms with Gasteiger partial charge in [0.05, 0.1) is 5.75 Å². The van der Waals surface area contributed by atoms with Crippen molar-refractivity contribution in [3.63, 3.8) is 0 Å². The van der Waals surface area contributed by atoms with E-state index in [1.807, 2.05) is 32.9 Å². The standard InChI is InChI=1S/C15H20N4O2S/c1-4-5-19-14(21)17-18-15(19)22-9-13(20)16-12-7-10(2)6-11(3)8-12/h6-8H,4-5,9H2,1-3H3,(H,16,20)(H,17,21). The lowest BCUT2D eigenvalue weighted by molar-refractivity contribution is -0.113. The minimum absolute atomic E-state index is 0.117. The number of hydrogen-bond donors (Lipinski definition) is 2. The highest BCUT2D eigenvalue weighted by atomic mass is 32.2. The van der Waals surface area contributed by atoms with Crippen LogP contribution in [0, 0.1) is 13.8 Å². The second kappa shape index (κ2) is 7.31. The maximum absolute atomic E-state index is 12.0. The Morgan fingerprint density at radius 3 is 2.64 bits per heavy atom. The number of rotatable bonds is 6. The van der Waals surface area contributed by atoms with Crippen LogP contribution in [-0.2, 0) is 11.3 Å². The van der Waals surface area contributed by atoms with Gasteiger partial charge in [0.15, 0.2) is 5.16 Å². The van der Waals surface area contributed by atoms with Crippen molar-refractivity contribution in [3.05, 3.63) is 39.8 Å². The van der Waals surface area contributed by atoms with Gasteiger partial charge in [-0.2, -0.15) is 0 Å². The number of hydrogen-bond acceptors (Lipinski definition) is 4. The Labute approximate surface area is 133 Å². The van der Waals surface area contributed by atoms with Crippen LogP contribution in [-0.4, -0.2) is 26.4 Å². The molecule has 0 aliphatic rings. The van der Waals surface area contributed by atoms with E-state index in [1.54, 1.807) is 4.57 Å². The van der Waals surface area contributed by atoms with Crippen LogP contribution < -0.4 is 11.0 Å². The van der Waals surface area contributed by atoms with E-state index in [0.717, 1.165) is 23.2 Å². The van der Waals surface area contributed by atoms with Gasteiger partial charge in [-0.25, -0.2) is 9.89 Å². The molecule has 0 saturated heterocycles. The number of aromatic amines is 1. The van der Waals surface area contributed by atoms with Crippen LogP contribution in [0.3, 0.4) is 0 Å². The van der Waals surface area contributed by atoms with Gasteiger partial charge >= 0.3 is 5.69 Å². The van der Waals surface area contributed by atoms with E-state index in [1.165, 1.54) is 11.8 Å². The molecular weight excluding hydrogens is 300 g/mol. The number of H-pyrrole nitrogens is 1. The van der Waals surface area contributed by atoms with Gasteiger partial charge in [0.25, 0.3) is 0 Å². The summed E-state index contributed by atoms with van der Waals surface area (Å²) in [7, 11) is 0.